The van der Waals surface area contributed by atoms with Crippen molar-refractivity contribution >= 4 is 34.6 Å². The fraction of sp³-hybridized carbons (Fsp3) is 0.280. The number of nitrogens with two attached hydrogens (primary N) is 1. The van der Waals surface area contributed by atoms with Crippen LogP contribution in [0.25, 0.3) is 10.8 Å². The molecular formula is C25H32N2O10. The lowest BCUT2D eigenvalue weighted by atomic mass is 10.1. The average molecular weight is 521 g/mol. The molecule has 2 unspecified atom stereocenters. The highest BCUT2D eigenvalue weighted by Gasteiger charge is 2.09. The fourth-order valence-electron chi connectivity index (χ4n) is 2.57. The third-order valence-electron chi connectivity index (χ3n) is 4.21. The van der Waals surface area contributed by atoms with Crippen molar-refractivity contribution in [3.8, 4) is 5.75 Å². The summed E-state index contributed by atoms with van der Waals surface area (Å²) in [6.07, 6.45) is 2.50. The van der Waals surface area contributed by atoms with Gasteiger partial charge in [0.2, 0.25) is 0 Å². The van der Waals surface area contributed by atoms with Gasteiger partial charge >= 0.3 is 11.9 Å². The number of aliphatic hydroxyl groups excluding tert-OH is 1. The Bertz CT molecular complexity index is 995. The topological polar surface area (TPSA) is 229 Å². The number of aliphatic hydroxyl groups is 1. The number of carbonyl (C=O) groups excluding carboxylic acids is 2. The maximum absolute atomic E-state index is 9.98. The summed E-state index contributed by atoms with van der Waals surface area (Å²) < 4.78 is 5.78. The molecule has 0 saturated heterocycles. The average Bonchev–Trinajstić information content (AvgIpc) is 2.83. The van der Waals surface area contributed by atoms with Gasteiger partial charge < -0.3 is 50.9 Å². The van der Waals surface area contributed by atoms with Crippen molar-refractivity contribution in [3.05, 3.63) is 66.8 Å². The summed E-state index contributed by atoms with van der Waals surface area (Å²) >= 11 is 0. The zero-order valence-corrected chi connectivity index (χ0v) is 20.3. The van der Waals surface area contributed by atoms with E-state index in [2.05, 4.69) is 30.1 Å². The summed E-state index contributed by atoms with van der Waals surface area (Å²) in [4.78, 5) is 37.9. The van der Waals surface area contributed by atoms with Gasteiger partial charge in [0.15, 0.2) is 0 Å². The Balaban J connectivity index is 0.000000669. The van der Waals surface area contributed by atoms with Gasteiger partial charge in [-0.1, -0.05) is 36.4 Å². The molecule has 0 aromatic heterocycles. The van der Waals surface area contributed by atoms with Crippen LogP contribution in [0.15, 0.2) is 66.8 Å². The molecule has 0 aliphatic heterocycles. The first kappa shape index (κ1) is 32.7. The molecule has 0 saturated carbocycles. The number of aliphatic carboxylic acids is 4. The summed E-state index contributed by atoms with van der Waals surface area (Å²) in [6.45, 7) is 4.09. The molecule has 37 heavy (non-hydrogen) atoms. The number of ether oxygens (including phenoxy) is 1. The largest absolute Gasteiger partial charge is 0.545 e. The van der Waals surface area contributed by atoms with Crippen molar-refractivity contribution in [2.75, 3.05) is 19.7 Å². The Morgan fingerprint density at radius 3 is 1.97 bits per heavy atom. The molecule has 0 aliphatic rings. The zero-order valence-electron chi connectivity index (χ0n) is 20.3. The summed E-state index contributed by atoms with van der Waals surface area (Å²) in [5.41, 5.74) is 3.95. The number of hydrogen-bond donors (Lipinski definition) is 5. The Hall–Kier alpha value is -4.26. The second-order valence-electron chi connectivity index (χ2n) is 7.63. The second-order valence-corrected chi connectivity index (χ2v) is 7.63. The number of fused-ring (bicyclic) bond motifs is 1. The molecule has 12 heteroatoms. The Morgan fingerprint density at radius 2 is 1.49 bits per heavy atom. The molecule has 0 amide bonds. The normalized spacial score (nSPS) is 12.1. The first-order valence-electron chi connectivity index (χ1n) is 11.1. The van der Waals surface area contributed by atoms with Gasteiger partial charge in [0, 0.05) is 24.0 Å². The maximum atomic E-state index is 9.98. The number of carboxylic acid groups (broad SMARTS) is 4. The van der Waals surface area contributed by atoms with Crippen molar-refractivity contribution in [1.82, 2.24) is 0 Å². The second kappa shape index (κ2) is 19.0. The predicted molar refractivity (Wildman–Crippen MR) is 128 cm³/mol. The van der Waals surface area contributed by atoms with E-state index in [0.29, 0.717) is 43.5 Å². The minimum Gasteiger partial charge on any atom is -0.545 e. The number of hydrogen-bond acceptors (Lipinski definition) is 8. The van der Waals surface area contributed by atoms with Gasteiger partial charge in [0.05, 0.1) is 24.5 Å². The van der Waals surface area contributed by atoms with Crippen LogP contribution in [0, 0.1) is 0 Å². The van der Waals surface area contributed by atoms with E-state index >= 15 is 0 Å². The smallest absolute Gasteiger partial charge is 0.328 e. The van der Waals surface area contributed by atoms with Gasteiger partial charge in [0.1, 0.15) is 25.0 Å². The Labute approximate surface area is 213 Å². The molecular weight excluding hydrogens is 488 g/mol. The lowest BCUT2D eigenvalue weighted by Crippen LogP contribution is -2.87. The molecule has 2 rings (SSSR count). The van der Waals surface area contributed by atoms with Crippen molar-refractivity contribution in [1.29, 1.82) is 0 Å². The first-order chi connectivity index (χ1) is 17.4. The molecule has 8 N–H and O–H groups in total. The van der Waals surface area contributed by atoms with E-state index in [1.54, 1.807) is 0 Å². The molecule has 0 heterocycles. The monoisotopic (exact) mass is 520 g/mol. The predicted octanol–water partition coefficient (Wildman–Crippen LogP) is -3.08. The zero-order chi connectivity index (χ0) is 28.2. The van der Waals surface area contributed by atoms with E-state index in [4.69, 9.17) is 14.9 Å². The van der Waals surface area contributed by atoms with Gasteiger partial charge in [0.25, 0.3) is 0 Å². The highest BCUT2D eigenvalue weighted by atomic mass is 16.5. The number of benzene rings is 2. The van der Waals surface area contributed by atoms with Gasteiger partial charge in [-0.2, -0.15) is 0 Å². The molecule has 12 nitrogen and oxygen atoms in total. The van der Waals surface area contributed by atoms with Crippen LogP contribution in [-0.4, -0.2) is 71.0 Å². The number of quaternary nitrogens is 2. The van der Waals surface area contributed by atoms with Crippen molar-refractivity contribution in [3.63, 3.8) is 0 Å². The van der Waals surface area contributed by atoms with Crippen molar-refractivity contribution < 1.29 is 60.5 Å². The SMILES string of the molecule is CC([NH3+])CC[NH2+]CC(O)COc1cccc2ccccc12.O=C([O-])/C=C\C(=O)O.O=C([O-])/C=C\C(=O)O. The van der Waals surface area contributed by atoms with E-state index in [1.807, 2.05) is 30.3 Å². The number of rotatable bonds is 12. The van der Waals surface area contributed by atoms with Crippen molar-refractivity contribution in [2.24, 2.45) is 0 Å². The summed E-state index contributed by atoms with van der Waals surface area (Å²) in [7, 11) is 0. The number of carbonyl (C=O) groups is 4. The van der Waals surface area contributed by atoms with E-state index in [1.165, 1.54) is 0 Å². The summed E-state index contributed by atoms with van der Waals surface area (Å²) in [5.74, 6) is -4.78. The Morgan fingerprint density at radius 1 is 0.946 bits per heavy atom. The van der Waals surface area contributed by atoms with Crippen LogP contribution in [0.2, 0.25) is 0 Å². The van der Waals surface area contributed by atoms with E-state index in [-0.39, 0.29) is 0 Å². The van der Waals surface area contributed by atoms with E-state index < -0.39 is 30.0 Å². The maximum Gasteiger partial charge on any atom is 0.328 e. The van der Waals surface area contributed by atoms with Crippen LogP contribution in [0.1, 0.15) is 13.3 Å². The van der Waals surface area contributed by atoms with Crippen LogP contribution in [0.3, 0.4) is 0 Å². The first-order valence-corrected chi connectivity index (χ1v) is 11.1. The van der Waals surface area contributed by atoms with Crippen LogP contribution >= 0.6 is 0 Å². The summed E-state index contributed by atoms with van der Waals surface area (Å²) in [6, 6.07) is 14.6. The lowest BCUT2D eigenvalue weighted by Gasteiger charge is -2.13. The highest BCUT2D eigenvalue weighted by Crippen LogP contribution is 2.25. The molecule has 0 fully saturated rings. The summed E-state index contributed by atoms with van der Waals surface area (Å²) in [5, 5.41) is 48.8. The van der Waals surface area contributed by atoms with E-state index in [9.17, 15) is 34.5 Å². The van der Waals surface area contributed by atoms with Gasteiger partial charge in [-0.25, -0.2) is 9.59 Å². The van der Waals surface area contributed by atoms with Crippen molar-refractivity contribution in [2.45, 2.75) is 25.5 Å². The Kier molecular flexibility index (Phi) is 16.8. The lowest BCUT2D eigenvalue weighted by molar-refractivity contribution is -0.664. The molecule has 0 bridgehead atoms. The van der Waals surface area contributed by atoms with Gasteiger partial charge in [-0.05, 0) is 30.5 Å². The van der Waals surface area contributed by atoms with Crippen LogP contribution in [0.5, 0.6) is 5.75 Å². The minimum absolute atomic E-state index is 0.324. The minimum atomic E-state index is -1.51. The molecule has 0 aliphatic carbocycles. The van der Waals surface area contributed by atoms with E-state index in [0.717, 1.165) is 29.5 Å². The standard InChI is InChI=1S/C17H24N2O2.2C4H4O4/c1-13(18)9-10-19-11-15(20)12-21-17-8-4-6-14-5-2-3-7-16(14)17;2*5-3(6)1-2-4(7)8/h2-8,13,15,19-20H,9-12,18H2,1H3;2*1-2H,(H,5,6)(H,7,8)/b;2*2-1-. The molecule has 2 atom stereocenters. The molecule has 202 valence electrons. The third kappa shape index (κ3) is 18.7. The van der Waals surface area contributed by atoms with Crippen LogP contribution in [-0.2, 0) is 19.2 Å². The third-order valence-corrected chi connectivity index (χ3v) is 4.21. The molecule has 0 spiro atoms. The quantitative estimate of drug-likeness (QED) is 0.140. The number of carboxylic acids is 4. The highest BCUT2D eigenvalue weighted by molar-refractivity contribution is 5.89. The molecule has 2 aromatic rings. The molecule has 2 aromatic carbocycles. The van der Waals surface area contributed by atoms with Gasteiger partial charge in [-0.3, -0.25) is 0 Å². The van der Waals surface area contributed by atoms with Crippen LogP contribution in [0.4, 0.5) is 0 Å². The van der Waals surface area contributed by atoms with Crippen LogP contribution < -0.4 is 26.0 Å². The van der Waals surface area contributed by atoms with Gasteiger partial charge in [-0.15, -0.1) is 0 Å². The fourth-order valence-corrected chi connectivity index (χ4v) is 2.57. The molecule has 0 radical (unpaired) electrons.